The third kappa shape index (κ3) is 3.92. The molecule has 1 saturated heterocycles. The number of piperazine rings is 1. The van der Waals surface area contributed by atoms with E-state index >= 15 is 0 Å². The highest BCUT2D eigenvalue weighted by Crippen LogP contribution is 2.19. The number of sulfonamides is 1. The largest absolute Gasteiger partial charge is 0.361 e. The second kappa shape index (κ2) is 7.72. The SMILES string of the molecule is Cc1noc(C)c1CN(C)C(=O)c1ccc(S(=O)(=O)N2CCNC(=O)C2)cc1. The Kier molecular flexibility index (Phi) is 5.52. The van der Waals surface area contributed by atoms with E-state index in [0.717, 1.165) is 15.6 Å². The van der Waals surface area contributed by atoms with E-state index in [0.29, 0.717) is 17.9 Å². The van der Waals surface area contributed by atoms with Gasteiger partial charge >= 0.3 is 0 Å². The van der Waals surface area contributed by atoms with Gasteiger partial charge in [0.1, 0.15) is 5.76 Å². The van der Waals surface area contributed by atoms with Crippen LogP contribution < -0.4 is 5.32 Å². The number of benzene rings is 1. The van der Waals surface area contributed by atoms with Crippen LogP contribution in [0, 0.1) is 13.8 Å². The van der Waals surface area contributed by atoms with Crippen molar-refractivity contribution in [2.24, 2.45) is 0 Å². The molecule has 1 aromatic carbocycles. The molecule has 150 valence electrons. The molecule has 0 unspecified atom stereocenters. The highest BCUT2D eigenvalue weighted by atomic mass is 32.2. The van der Waals surface area contributed by atoms with Crippen LogP contribution in [0.5, 0.6) is 0 Å². The Balaban J connectivity index is 1.74. The maximum absolute atomic E-state index is 12.7. The lowest BCUT2D eigenvalue weighted by Crippen LogP contribution is -2.49. The van der Waals surface area contributed by atoms with Crippen LogP contribution >= 0.6 is 0 Å². The summed E-state index contributed by atoms with van der Waals surface area (Å²) in [6, 6.07) is 5.73. The number of carbonyl (C=O) groups is 2. The van der Waals surface area contributed by atoms with E-state index < -0.39 is 10.0 Å². The van der Waals surface area contributed by atoms with Crippen LogP contribution in [-0.4, -0.2) is 61.3 Å². The van der Waals surface area contributed by atoms with Crippen molar-refractivity contribution in [1.82, 2.24) is 19.7 Å². The molecule has 0 aliphatic carbocycles. The topological polar surface area (TPSA) is 113 Å². The first-order valence-corrected chi connectivity index (χ1v) is 10.2. The number of rotatable bonds is 5. The molecule has 2 heterocycles. The first kappa shape index (κ1) is 20.0. The molecule has 2 amide bonds. The Morgan fingerprint density at radius 1 is 1.29 bits per heavy atom. The van der Waals surface area contributed by atoms with Gasteiger partial charge in [0.15, 0.2) is 0 Å². The van der Waals surface area contributed by atoms with Crippen molar-refractivity contribution in [3.63, 3.8) is 0 Å². The normalized spacial score (nSPS) is 15.3. The van der Waals surface area contributed by atoms with Crippen LogP contribution in [0.15, 0.2) is 33.7 Å². The quantitative estimate of drug-likeness (QED) is 0.781. The van der Waals surface area contributed by atoms with E-state index in [1.54, 1.807) is 14.0 Å². The summed E-state index contributed by atoms with van der Waals surface area (Å²) in [5.41, 5.74) is 1.94. The Morgan fingerprint density at radius 3 is 2.54 bits per heavy atom. The van der Waals surface area contributed by atoms with E-state index in [1.807, 2.05) is 6.92 Å². The van der Waals surface area contributed by atoms with Crippen LogP contribution in [0.3, 0.4) is 0 Å². The number of aromatic nitrogens is 1. The average Bonchev–Trinajstić information content (AvgIpc) is 2.99. The van der Waals surface area contributed by atoms with Gasteiger partial charge in [0.2, 0.25) is 15.9 Å². The lowest BCUT2D eigenvalue weighted by molar-refractivity contribution is -0.122. The maximum atomic E-state index is 12.7. The molecule has 0 atom stereocenters. The van der Waals surface area contributed by atoms with Crippen molar-refractivity contribution in [3.8, 4) is 0 Å². The second-order valence-electron chi connectivity index (χ2n) is 6.68. The number of hydrogen-bond acceptors (Lipinski definition) is 6. The smallest absolute Gasteiger partial charge is 0.253 e. The lowest BCUT2D eigenvalue weighted by Gasteiger charge is -2.26. The molecule has 1 fully saturated rings. The number of nitrogens with one attached hydrogen (secondary N) is 1. The van der Waals surface area contributed by atoms with E-state index in [-0.39, 0.29) is 36.3 Å². The van der Waals surface area contributed by atoms with E-state index in [2.05, 4.69) is 10.5 Å². The fraction of sp³-hybridized carbons (Fsp3) is 0.389. The van der Waals surface area contributed by atoms with E-state index in [1.165, 1.54) is 29.2 Å². The molecule has 0 bridgehead atoms. The zero-order valence-electron chi connectivity index (χ0n) is 15.9. The van der Waals surface area contributed by atoms with Gasteiger partial charge in [-0.3, -0.25) is 9.59 Å². The Hall–Kier alpha value is -2.72. The van der Waals surface area contributed by atoms with Gasteiger partial charge in [-0.2, -0.15) is 4.31 Å². The van der Waals surface area contributed by atoms with Crippen molar-refractivity contribution in [2.75, 3.05) is 26.7 Å². The summed E-state index contributed by atoms with van der Waals surface area (Å²) in [5.74, 6) is 0.0769. The van der Waals surface area contributed by atoms with E-state index in [4.69, 9.17) is 4.52 Å². The van der Waals surface area contributed by atoms with Gasteiger partial charge in [-0.05, 0) is 38.1 Å². The highest BCUT2D eigenvalue weighted by molar-refractivity contribution is 7.89. The fourth-order valence-corrected chi connectivity index (χ4v) is 4.39. The van der Waals surface area contributed by atoms with Gasteiger partial charge in [0.25, 0.3) is 5.91 Å². The van der Waals surface area contributed by atoms with Crippen LogP contribution in [-0.2, 0) is 21.4 Å². The van der Waals surface area contributed by atoms with E-state index in [9.17, 15) is 18.0 Å². The van der Waals surface area contributed by atoms with Crippen molar-refractivity contribution in [2.45, 2.75) is 25.3 Å². The van der Waals surface area contributed by atoms with Crippen LogP contribution in [0.2, 0.25) is 0 Å². The highest BCUT2D eigenvalue weighted by Gasteiger charge is 2.29. The van der Waals surface area contributed by atoms with Crippen molar-refractivity contribution in [3.05, 3.63) is 46.8 Å². The summed E-state index contributed by atoms with van der Waals surface area (Å²) in [7, 11) is -2.13. The number of carbonyl (C=O) groups excluding carboxylic acids is 2. The molecule has 0 radical (unpaired) electrons. The van der Waals surface area contributed by atoms with Crippen molar-refractivity contribution in [1.29, 1.82) is 0 Å². The Bertz CT molecular complexity index is 978. The van der Waals surface area contributed by atoms with Gasteiger partial charge in [0, 0.05) is 31.3 Å². The first-order valence-electron chi connectivity index (χ1n) is 8.74. The maximum Gasteiger partial charge on any atom is 0.253 e. The summed E-state index contributed by atoms with van der Waals surface area (Å²) in [4.78, 5) is 25.7. The van der Waals surface area contributed by atoms with Gasteiger partial charge in [-0.15, -0.1) is 0 Å². The third-order valence-corrected chi connectivity index (χ3v) is 6.52. The molecule has 0 spiro atoms. The molecular weight excluding hydrogens is 384 g/mol. The average molecular weight is 406 g/mol. The summed E-state index contributed by atoms with van der Waals surface area (Å²) >= 11 is 0. The Labute approximate surface area is 163 Å². The minimum Gasteiger partial charge on any atom is -0.361 e. The molecular formula is C18H22N4O5S. The molecule has 1 aliphatic rings. The second-order valence-corrected chi connectivity index (χ2v) is 8.61. The van der Waals surface area contributed by atoms with Crippen LogP contribution in [0.25, 0.3) is 0 Å². The molecule has 28 heavy (non-hydrogen) atoms. The molecule has 1 aliphatic heterocycles. The van der Waals surface area contributed by atoms with Crippen molar-refractivity contribution < 1.29 is 22.5 Å². The molecule has 9 nitrogen and oxygen atoms in total. The molecule has 1 N–H and O–H groups in total. The minimum atomic E-state index is -3.78. The molecule has 2 aromatic rings. The molecule has 3 rings (SSSR count). The predicted molar refractivity (Wildman–Crippen MR) is 100.0 cm³/mol. The van der Waals surface area contributed by atoms with Crippen LogP contribution in [0.4, 0.5) is 0 Å². The zero-order valence-corrected chi connectivity index (χ0v) is 16.7. The fourth-order valence-electron chi connectivity index (χ4n) is 3.00. The number of aryl methyl sites for hydroxylation is 2. The third-order valence-electron chi connectivity index (χ3n) is 4.67. The number of nitrogens with zero attached hydrogens (tertiary/aromatic N) is 3. The minimum absolute atomic E-state index is 0.0483. The first-order chi connectivity index (χ1) is 13.2. The predicted octanol–water partition coefficient (Wildman–Crippen LogP) is 0.684. The number of amides is 2. The van der Waals surface area contributed by atoms with Gasteiger partial charge in [-0.1, -0.05) is 5.16 Å². The van der Waals surface area contributed by atoms with Crippen LogP contribution in [0.1, 0.15) is 27.4 Å². The molecule has 10 heteroatoms. The standard InChI is InChI=1S/C18H22N4O5S/c1-12-16(13(2)27-20-12)10-21(3)18(24)14-4-6-15(7-5-14)28(25,26)22-9-8-19-17(23)11-22/h4-7H,8-11H2,1-3H3,(H,19,23). The van der Waals surface area contributed by atoms with Gasteiger partial charge in [0.05, 0.1) is 23.7 Å². The summed E-state index contributed by atoms with van der Waals surface area (Å²) in [6.45, 7) is 4.22. The molecule has 0 saturated carbocycles. The van der Waals surface area contributed by atoms with Gasteiger partial charge < -0.3 is 14.7 Å². The lowest BCUT2D eigenvalue weighted by atomic mass is 10.1. The zero-order chi connectivity index (χ0) is 20.5. The monoisotopic (exact) mass is 406 g/mol. The van der Waals surface area contributed by atoms with Crippen molar-refractivity contribution >= 4 is 21.8 Å². The number of hydrogen-bond donors (Lipinski definition) is 1. The molecule has 1 aromatic heterocycles. The summed E-state index contributed by atoms with van der Waals surface area (Å²) in [6.07, 6.45) is 0. The summed E-state index contributed by atoms with van der Waals surface area (Å²) in [5, 5.41) is 6.47. The Morgan fingerprint density at radius 2 is 1.96 bits per heavy atom. The summed E-state index contributed by atoms with van der Waals surface area (Å²) < 4.78 is 31.6. The van der Waals surface area contributed by atoms with Gasteiger partial charge in [-0.25, -0.2) is 8.42 Å².